The Morgan fingerprint density at radius 3 is 2.62 bits per heavy atom. The van der Waals surface area contributed by atoms with Gasteiger partial charge in [-0.15, -0.1) is 10.2 Å². The van der Waals surface area contributed by atoms with Crippen molar-refractivity contribution in [2.75, 3.05) is 16.4 Å². The Hall–Kier alpha value is -2.97. The molecule has 3 rings (SSSR count). The zero-order valence-corrected chi connectivity index (χ0v) is 17.6. The van der Waals surface area contributed by atoms with Crippen molar-refractivity contribution in [2.45, 2.75) is 18.2 Å². The van der Waals surface area contributed by atoms with Gasteiger partial charge in [0.25, 0.3) is 0 Å². The Morgan fingerprint density at radius 2 is 1.86 bits per heavy atom. The van der Waals surface area contributed by atoms with Crippen molar-refractivity contribution in [2.24, 2.45) is 0 Å². The van der Waals surface area contributed by atoms with Crippen molar-refractivity contribution in [3.63, 3.8) is 0 Å². The summed E-state index contributed by atoms with van der Waals surface area (Å²) in [6, 6.07) is 15.4. The monoisotopic (exact) mass is 424 g/mol. The number of carbonyl (C=O) groups excluding carboxylic acids is 2. The molecular weight excluding hydrogens is 404 g/mol. The Kier molecular flexibility index (Phi) is 7.15. The Labute approximate surface area is 177 Å². The number of hydrogen-bond donors (Lipinski definition) is 2. The summed E-state index contributed by atoms with van der Waals surface area (Å²) in [7, 11) is 0. The number of aromatic nitrogens is 2. The lowest BCUT2D eigenvalue weighted by Crippen LogP contribution is -2.14. The summed E-state index contributed by atoms with van der Waals surface area (Å²) in [6.07, 6.45) is 3.17. The molecule has 0 aliphatic heterocycles. The summed E-state index contributed by atoms with van der Waals surface area (Å²) in [5.41, 5.74) is 3.91. The third kappa shape index (κ3) is 6.55. The molecule has 3 aromatic rings. The first-order valence-corrected chi connectivity index (χ1v) is 10.7. The van der Waals surface area contributed by atoms with Crippen LogP contribution in [0.2, 0.25) is 0 Å². The molecule has 0 bridgehead atoms. The van der Waals surface area contributed by atoms with Gasteiger partial charge in [-0.1, -0.05) is 71.1 Å². The molecule has 2 amide bonds. The minimum absolute atomic E-state index is 0.117. The fraction of sp³-hybridized carbons (Fsp3) is 0.143. The molecule has 2 aromatic carbocycles. The van der Waals surface area contributed by atoms with Crippen molar-refractivity contribution in [3.8, 4) is 0 Å². The summed E-state index contributed by atoms with van der Waals surface area (Å²) >= 11 is 2.51. The second-order valence-electron chi connectivity index (χ2n) is 6.26. The number of anilines is 2. The SMILES string of the molecule is Cc1ccc(NC(=O)CSc2nnc(NC(=O)/C=C/c3ccccc3)s2)c(C)c1. The highest BCUT2D eigenvalue weighted by Crippen LogP contribution is 2.26. The predicted molar refractivity (Wildman–Crippen MR) is 119 cm³/mol. The summed E-state index contributed by atoms with van der Waals surface area (Å²) in [4.78, 5) is 24.2. The molecule has 1 heterocycles. The summed E-state index contributed by atoms with van der Waals surface area (Å²) in [5, 5.41) is 13.9. The normalized spacial score (nSPS) is 10.8. The topological polar surface area (TPSA) is 84.0 Å². The Balaban J connectivity index is 1.48. The quantitative estimate of drug-likeness (QED) is 0.331. The van der Waals surface area contributed by atoms with E-state index in [0.29, 0.717) is 9.47 Å². The first-order chi connectivity index (χ1) is 14.0. The van der Waals surface area contributed by atoms with E-state index >= 15 is 0 Å². The van der Waals surface area contributed by atoms with Gasteiger partial charge in [-0.2, -0.15) is 0 Å². The number of amides is 2. The number of nitrogens with one attached hydrogen (secondary N) is 2. The number of nitrogens with zero attached hydrogens (tertiary/aromatic N) is 2. The van der Waals surface area contributed by atoms with Crippen LogP contribution in [0.4, 0.5) is 10.8 Å². The van der Waals surface area contributed by atoms with Crippen LogP contribution in [0.1, 0.15) is 16.7 Å². The molecule has 1 aromatic heterocycles. The van der Waals surface area contributed by atoms with Crippen LogP contribution in [0.3, 0.4) is 0 Å². The van der Waals surface area contributed by atoms with Gasteiger partial charge in [-0.05, 0) is 37.1 Å². The minimum atomic E-state index is -0.283. The number of thioether (sulfide) groups is 1. The molecule has 0 radical (unpaired) electrons. The van der Waals surface area contributed by atoms with E-state index < -0.39 is 0 Å². The van der Waals surface area contributed by atoms with Gasteiger partial charge in [-0.3, -0.25) is 14.9 Å². The molecule has 0 atom stereocenters. The van der Waals surface area contributed by atoms with Crippen LogP contribution in [-0.4, -0.2) is 27.8 Å². The second kappa shape index (κ2) is 9.99. The van der Waals surface area contributed by atoms with E-state index in [0.717, 1.165) is 22.4 Å². The molecule has 0 aliphatic carbocycles. The molecular formula is C21H20N4O2S2. The number of rotatable bonds is 7. The largest absolute Gasteiger partial charge is 0.325 e. The van der Waals surface area contributed by atoms with Gasteiger partial charge >= 0.3 is 0 Å². The smallest absolute Gasteiger partial charge is 0.250 e. The maximum atomic E-state index is 12.2. The number of benzene rings is 2. The summed E-state index contributed by atoms with van der Waals surface area (Å²) in [5.74, 6) is -0.188. The lowest BCUT2D eigenvalue weighted by molar-refractivity contribution is -0.114. The highest BCUT2D eigenvalue weighted by Gasteiger charge is 2.10. The van der Waals surface area contributed by atoms with Gasteiger partial charge in [0.15, 0.2) is 4.34 Å². The van der Waals surface area contributed by atoms with E-state index in [4.69, 9.17) is 0 Å². The fourth-order valence-electron chi connectivity index (χ4n) is 2.47. The lowest BCUT2D eigenvalue weighted by Gasteiger charge is -2.08. The van der Waals surface area contributed by atoms with Crippen molar-refractivity contribution in [1.82, 2.24) is 10.2 Å². The molecule has 0 spiro atoms. The van der Waals surface area contributed by atoms with Crippen LogP contribution in [-0.2, 0) is 9.59 Å². The van der Waals surface area contributed by atoms with Crippen LogP contribution in [0.15, 0.2) is 58.9 Å². The lowest BCUT2D eigenvalue weighted by atomic mass is 10.1. The van der Waals surface area contributed by atoms with Crippen LogP contribution in [0.25, 0.3) is 6.08 Å². The molecule has 0 aliphatic rings. The van der Waals surface area contributed by atoms with Crippen LogP contribution in [0.5, 0.6) is 0 Å². The van der Waals surface area contributed by atoms with E-state index in [2.05, 4.69) is 20.8 Å². The second-order valence-corrected chi connectivity index (χ2v) is 8.46. The highest BCUT2D eigenvalue weighted by atomic mass is 32.2. The zero-order valence-electron chi connectivity index (χ0n) is 16.0. The maximum absolute atomic E-state index is 12.2. The highest BCUT2D eigenvalue weighted by molar-refractivity contribution is 8.01. The molecule has 8 heteroatoms. The van der Waals surface area contributed by atoms with Crippen molar-refractivity contribution in [3.05, 3.63) is 71.3 Å². The van der Waals surface area contributed by atoms with Crippen LogP contribution < -0.4 is 10.6 Å². The van der Waals surface area contributed by atoms with E-state index in [-0.39, 0.29) is 17.6 Å². The predicted octanol–water partition coefficient (Wildman–Crippen LogP) is 4.54. The van der Waals surface area contributed by atoms with Gasteiger partial charge in [0.2, 0.25) is 16.9 Å². The van der Waals surface area contributed by atoms with Crippen molar-refractivity contribution < 1.29 is 9.59 Å². The minimum Gasteiger partial charge on any atom is -0.325 e. The van der Waals surface area contributed by atoms with Crippen molar-refractivity contribution >= 4 is 51.8 Å². The molecule has 0 saturated carbocycles. The molecule has 0 unspecified atom stereocenters. The Bertz CT molecular complexity index is 1030. The van der Waals surface area contributed by atoms with E-state index in [9.17, 15) is 9.59 Å². The molecule has 29 heavy (non-hydrogen) atoms. The third-order valence-electron chi connectivity index (χ3n) is 3.85. The van der Waals surface area contributed by atoms with Crippen molar-refractivity contribution in [1.29, 1.82) is 0 Å². The first-order valence-electron chi connectivity index (χ1n) is 8.87. The van der Waals surface area contributed by atoms with E-state index in [1.165, 1.54) is 29.2 Å². The molecule has 2 N–H and O–H groups in total. The van der Waals surface area contributed by atoms with Gasteiger partial charge in [0.05, 0.1) is 5.75 Å². The van der Waals surface area contributed by atoms with Gasteiger partial charge in [0.1, 0.15) is 0 Å². The van der Waals surface area contributed by atoms with Crippen LogP contribution >= 0.6 is 23.1 Å². The van der Waals surface area contributed by atoms with E-state index in [1.54, 1.807) is 6.08 Å². The number of carbonyl (C=O) groups is 2. The average molecular weight is 425 g/mol. The van der Waals surface area contributed by atoms with Gasteiger partial charge in [0, 0.05) is 11.8 Å². The van der Waals surface area contributed by atoms with Gasteiger partial charge in [-0.25, -0.2) is 0 Å². The number of aryl methyl sites for hydroxylation is 2. The number of hydrogen-bond acceptors (Lipinski definition) is 6. The third-order valence-corrected chi connectivity index (χ3v) is 5.82. The Morgan fingerprint density at radius 1 is 1.07 bits per heavy atom. The fourth-order valence-corrected chi connectivity index (χ4v) is 4.02. The van der Waals surface area contributed by atoms with Gasteiger partial charge < -0.3 is 5.32 Å². The molecule has 0 fully saturated rings. The summed E-state index contributed by atoms with van der Waals surface area (Å²) < 4.78 is 0.614. The van der Waals surface area contributed by atoms with Crippen LogP contribution in [0, 0.1) is 13.8 Å². The molecule has 6 nitrogen and oxygen atoms in total. The maximum Gasteiger partial charge on any atom is 0.250 e. The standard InChI is InChI=1S/C21H20N4O2S2/c1-14-8-10-17(15(2)12-14)22-19(27)13-28-21-25-24-20(29-21)23-18(26)11-9-16-6-4-3-5-7-16/h3-12H,13H2,1-2H3,(H,22,27)(H,23,24,26)/b11-9+. The zero-order chi connectivity index (χ0) is 20.6. The summed E-state index contributed by atoms with van der Waals surface area (Å²) in [6.45, 7) is 3.97. The molecule has 0 saturated heterocycles. The average Bonchev–Trinajstić information content (AvgIpc) is 3.15. The first kappa shape index (κ1) is 20.8. The van der Waals surface area contributed by atoms with E-state index in [1.807, 2.05) is 62.4 Å². The molecule has 148 valence electrons.